The molecule has 6 nitrogen and oxygen atoms in total. The van der Waals surface area contributed by atoms with Crippen molar-refractivity contribution in [3.63, 3.8) is 0 Å². The third-order valence-corrected chi connectivity index (χ3v) is 7.37. The topological polar surface area (TPSA) is 67.9 Å². The fraction of sp³-hybridized carbons (Fsp3) is 0.290. The fourth-order valence-electron chi connectivity index (χ4n) is 5.50. The minimum absolute atomic E-state index is 0.0659. The molecule has 2 atom stereocenters. The SMILES string of the molecule is COC(=O)C1=C(c2cccc(OCc3ccccc3)c2)C[C@@H]2CC[C@H]1N2C(=O)NCc1cccc(C(F)(F)F)c1. The lowest BCUT2D eigenvalue weighted by atomic mass is 9.88. The number of methoxy groups -OCH3 is 1. The first kappa shape index (κ1) is 27.3. The van der Waals surface area contributed by atoms with Gasteiger partial charge in [0.1, 0.15) is 12.4 Å². The molecule has 2 aliphatic heterocycles. The number of alkyl halides is 3. The Morgan fingerprint density at radius 1 is 0.950 bits per heavy atom. The Kier molecular flexibility index (Phi) is 7.82. The van der Waals surface area contributed by atoms with Gasteiger partial charge in [-0.25, -0.2) is 9.59 Å². The average molecular weight is 551 g/mol. The number of hydrogen-bond acceptors (Lipinski definition) is 4. The summed E-state index contributed by atoms with van der Waals surface area (Å²) >= 11 is 0. The molecule has 208 valence electrons. The second kappa shape index (κ2) is 11.5. The number of carbonyl (C=O) groups is 2. The third-order valence-electron chi connectivity index (χ3n) is 7.37. The summed E-state index contributed by atoms with van der Waals surface area (Å²) in [5.74, 6) is 0.151. The zero-order valence-corrected chi connectivity index (χ0v) is 21.9. The minimum atomic E-state index is -4.47. The van der Waals surface area contributed by atoms with Crippen molar-refractivity contribution in [2.75, 3.05) is 7.11 Å². The zero-order chi connectivity index (χ0) is 28.3. The third kappa shape index (κ3) is 5.83. The summed E-state index contributed by atoms with van der Waals surface area (Å²) < 4.78 is 50.4. The van der Waals surface area contributed by atoms with Gasteiger partial charge in [-0.05, 0) is 65.8 Å². The molecule has 0 saturated carbocycles. The molecule has 0 radical (unpaired) electrons. The number of carbonyl (C=O) groups excluding carboxylic acids is 2. The Morgan fingerprint density at radius 3 is 2.45 bits per heavy atom. The van der Waals surface area contributed by atoms with E-state index in [2.05, 4.69) is 5.32 Å². The molecule has 1 saturated heterocycles. The van der Waals surface area contributed by atoms with Gasteiger partial charge in [0.25, 0.3) is 0 Å². The van der Waals surface area contributed by atoms with Crippen molar-refractivity contribution in [1.29, 1.82) is 0 Å². The van der Waals surface area contributed by atoms with E-state index in [1.165, 1.54) is 19.2 Å². The molecule has 2 aliphatic rings. The second-order valence-electron chi connectivity index (χ2n) is 9.90. The van der Waals surface area contributed by atoms with Gasteiger partial charge in [-0.15, -0.1) is 0 Å². The largest absolute Gasteiger partial charge is 0.489 e. The summed E-state index contributed by atoms with van der Waals surface area (Å²) in [6.45, 7) is 0.335. The van der Waals surface area contributed by atoms with Gasteiger partial charge in [-0.3, -0.25) is 0 Å². The smallest absolute Gasteiger partial charge is 0.416 e. The van der Waals surface area contributed by atoms with Crippen LogP contribution in [-0.4, -0.2) is 36.1 Å². The molecule has 0 aromatic heterocycles. The lowest BCUT2D eigenvalue weighted by molar-refractivity contribution is -0.138. The van der Waals surface area contributed by atoms with Crippen molar-refractivity contribution in [2.24, 2.45) is 0 Å². The first-order valence-corrected chi connectivity index (χ1v) is 13.1. The van der Waals surface area contributed by atoms with Crippen LogP contribution in [0.5, 0.6) is 5.75 Å². The molecule has 1 N–H and O–H groups in total. The summed E-state index contributed by atoms with van der Waals surface area (Å²) in [6.07, 6.45) is -2.75. The van der Waals surface area contributed by atoms with E-state index < -0.39 is 29.8 Å². The first-order chi connectivity index (χ1) is 19.2. The molecule has 3 aromatic rings. The van der Waals surface area contributed by atoms with Gasteiger partial charge in [0.2, 0.25) is 0 Å². The molecule has 3 aromatic carbocycles. The van der Waals surface area contributed by atoms with Crippen LogP contribution in [0.2, 0.25) is 0 Å². The Hall–Kier alpha value is -4.27. The van der Waals surface area contributed by atoms with E-state index >= 15 is 0 Å². The molecule has 1 fully saturated rings. The predicted octanol–water partition coefficient (Wildman–Crippen LogP) is 6.36. The lowest BCUT2D eigenvalue weighted by Crippen LogP contribution is -2.50. The average Bonchev–Trinajstić information content (AvgIpc) is 3.28. The van der Waals surface area contributed by atoms with Gasteiger partial charge in [-0.2, -0.15) is 13.2 Å². The number of ether oxygens (including phenoxy) is 2. The summed E-state index contributed by atoms with van der Waals surface area (Å²) in [5, 5.41) is 2.75. The minimum Gasteiger partial charge on any atom is -0.489 e. The summed E-state index contributed by atoms with van der Waals surface area (Å²) in [4.78, 5) is 28.0. The molecule has 2 heterocycles. The van der Waals surface area contributed by atoms with E-state index in [0.717, 1.165) is 28.8 Å². The maximum absolute atomic E-state index is 13.3. The maximum Gasteiger partial charge on any atom is 0.416 e. The van der Waals surface area contributed by atoms with E-state index in [1.807, 2.05) is 54.6 Å². The lowest BCUT2D eigenvalue weighted by Gasteiger charge is -2.37. The molecular weight excluding hydrogens is 521 g/mol. The van der Waals surface area contributed by atoms with Crippen LogP contribution in [0.15, 0.2) is 84.4 Å². The Morgan fingerprint density at radius 2 is 1.70 bits per heavy atom. The molecule has 2 amide bonds. The molecule has 40 heavy (non-hydrogen) atoms. The van der Waals surface area contributed by atoms with Crippen molar-refractivity contribution < 1.29 is 32.2 Å². The van der Waals surface area contributed by atoms with Crippen molar-refractivity contribution in [3.8, 4) is 5.75 Å². The van der Waals surface area contributed by atoms with E-state index in [4.69, 9.17) is 9.47 Å². The van der Waals surface area contributed by atoms with Crippen molar-refractivity contribution in [3.05, 3.63) is 107 Å². The van der Waals surface area contributed by atoms with E-state index in [-0.39, 0.29) is 12.6 Å². The summed E-state index contributed by atoms with van der Waals surface area (Å²) in [5.41, 5.74) is 2.66. The van der Waals surface area contributed by atoms with Gasteiger partial charge >= 0.3 is 18.2 Å². The Bertz CT molecular complexity index is 1420. The zero-order valence-electron chi connectivity index (χ0n) is 21.9. The fourth-order valence-corrected chi connectivity index (χ4v) is 5.50. The Balaban J connectivity index is 1.36. The van der Waals surface area contributed by atoms with Crippen LogP contribution in [0.3, 0.4) is 0 Å². The number of halogens is 3. The number of hydrogen-bond donors (Lipinski definition) is 1. The number of rotatable bonds is 7. The number of benzene rings is 3. The monoisotopic (exact) mass is 550 g/mol. The summed E-state index contributed by atoms with van der Waals surface area (Å²) in [7, 11) is 1.31. The van der Waals surface area contributed by atoms with Crippen LogP contribution in [0, 0.1) is 0 Å². The molecule has 0 spiro atoms. The van der Waals surface area contributed by atoms with E-state index in [1.54, 1.807) is 4.90 Å². The number of amides is 2. The molecule has 2 bridgehead atoms. The Labute approximate surface area is 230 Å². The standard InChI is InChI=1S/C31H29F3N2O4/c1-39-29(37)28-26(22-10-6-12-25(16-22)40-19-20-7-3-2-4-8-20)17-24-13-14-27(28)36(24)30(38)35-18-21-9-5-11-23(15-21)31(32,33)34/h2-12,15-16,24,27H,13-14,17-19H2,1H3,(H,35,38)/t24-,27+/m0/s1. The first-order valence-electron chi connectivity index (χ1n) is 13.1. The van der Waals surface area contributed by atoms with Crippen LogP contribution in [-0.2, 0) is 28.9 Å². The number of nitrogens with zero attached hydrogens (tertiary/aromatic N) is 1. The number of urea groups is 1. The normalized spacial score (nSPS) is 18.4. The van der Waals surface area contributed by atoms with Crippen LogP contribution in [0.1, 0.15) is 41.5 Å². The second-order valence-corrected chi connectivity index (χ2v) is 9.90. The maximum atomic E-state index is 13.3. The molecule has 0 unspecified atom stereocenters. The van der Waals surface area contributed by atoms with Crippen molar-refractivity contribution >= 4 is 17.6 Å². The number of esters is 1. The van der Waals surface area contributed by atoms with E-state index in [9.17, 15) is 22.8 Å². The highest BCUT2D eigenvalue weighted by Gasteiger charge is 2.46. The van der Waals surface area contributed by atoms with Crippen molar-refractivity contribution in [1.82, 2.24) is 10.2 Å². The van der Waals surface area contributed by atoms with Gasteiger partial charge in [0.05, 0.1) is 24.3 Å². The van der Waals surface area contributed by atoms with Crippen LogP contribution in [0.4, 0.5) is 18.0 Å². The predicted molar refractivity (Wildman–Crippen MR) is 143 cm³/mol. The van der Waals surface area contributed by atoms with Gasteiger partial charge in [-0.1, -0.05) is 54.6 Å². The van der Waals surface area contributed by atoms with Gasteiger partial charge < -0.3 is 19.7 Å². The highest BCUT2D eigenvalue weighted by molar-refractivity contribution is 6.01. The van der Waals surface area contributed by atoms with Gasteiger partial charge in [0, 0.05) is 12.6 Å². The number of fused-ring (bicyclic) bond motifs is 2. The van der Waals surface area contributed by atoms with Crippen LogP contribution in [0.25, 0.3) is 5.57 Å². The van der Waals surface area contributed by atoms with Crippen LogP contribution >= 0.6 is 0 Å². The van der Waals surface area contributed by atoms with Gasteiger partial charge in [0.15, 0.2) is 0 Å². The molecule has 0 aliphatic carbocycles. The number of nitrogens with one attached hydrogen (secondary N) is 1. The highest BCUT2D eigenvalue weighted by atomic mass is 19.4. The molecule has 5 rings (SSSR count). The quantitative estimate of drug-likeness (QED) is 0.348. The molecule has 9 heteroatoms. The van der Waals surface area contributed by atoms with Crippen molar-refractivity contribution in [2.45, 2.75) is 50.7 Å². The highest BCUT2D eigenvalue weighted by Crippen LogP contribution is 2.44. The van der Waals surface area contributed by atoms with Crippen LogP contribution < -0.4 is 10.1 Å². The molecular formula is C31H29F3N2O4. The van der Waals surface area contributed by atoms with E-state index in [0.29, 0.717) is 42.8 Å². The summed E-state index contributed by atoms with van der Waals surface area (Å²) in [6, 6.07) is 21.1.